The van der Waals surface area contributed by atoms with E-state index in [0.29, 0.717) is 0 Å². The minimum Gasteiger partial charge on any atom is -0.309 e. The lowest BCUT2D eigenvalue weighted by Gasteiger charge is -2.36. The van der Waals surface area contributed by atoms with Crippen molar-refractivity contribution >= 4 is 144 Å². The van der Waals surface area contributed by atoms with Crippen LogP contribution in [0.25, 0.3) is 75.9 Å². The molecule has 0 amide bonds. The topological polar surface area (TPSA) is 116 Å². The maximum absolute atomic E-state index is 4.89. The molecule has 0 aliphatic heterocycles. The number of hydrogen-bond donors (Lipinski definition) is 0. The Bertz CT molecular complexity index is 5360. The predicted octanol–water partition coefficient (Wildman–Crippen LogP) is 25.7. The first-order valence-corrected chi connectivity index (χ1v) is 38.2. The van der Waals surface area contributed by atoms with Crippen molar-refractivity contribution in [3.63, 3.8) is 0 Å². The highest BCUT2D eigenvalue weighted by molar-refractivity contribution is 6.33. The van der Waals surface area contributed by atoms with Crippen LogP contribution in [0, 0.1) is 0 Å². The summed E-state index contributed by atoms with van der Waals surface area (Å²) in [4.78, 5) is 48.4. The van der Waals surface area contributed by atoms with E-state index in [1.54, 1.807) is 25.3 Å². The molecule has 0 spiro atoms. The highest BCUT2D eigenvalue weighted by Gasteiger charge is 2.33. The smallest absolute Gasteiger partial charge is 0.116 e. The molecular weight excluding hydrogens is 1320 g/mol. The lowest BCUT2D eigenvalue weighted by atomic mass is 9.86. The summed E-state index contributed by atoms with van der Waals surface area (Å²) in [5.41, 5.74) is 25.0. The van der Waals surface area contributed by atoms with Crippen molar-refractivity contribution in [1.82, 2.24) is 39.9 Å². The number of aromatic nitrogens is 8. The monoisotopic (exact) mass is 1410 g/mol. The van der Waals surface area contributed by atoms with E-state index in [9.17, 15) is 0 Å². The van der Waals surface area contributed by atoms with Crippen LogP contribution in [0.2, 0.25) is 0 Å². The lowest BCUT2D eigenvalue weighted by molar-refractivity contribution is 0.590. The minimum absolute atomic E-state index is 0.110. The molecule has 12 aromatic carbocycles. The van der Waals surface area contributed by atoms with Gasteiger partial charge in [-0.1, -0.05) is 184 Å². The first-order chi connectivity index (χ1) is 51.9. The summed E-state index contributed by atoms with van der Waals surface area (Å²) in [6.07, 6.45) is 17.4. The third kappa shape index (κ3) is 12.7. The molecule has 16 aromatic rings. The number of hydrogen-bond acceptors (Lipinski definition) is 12. The molecule has 4 aromatic heterocycles. The van der Waals surface area contributed by atoms with Gasteiger partial charge in [0.1, 0.15) is 25.3 Å². The van der Waals surface area contributed by atoms with E-state index in [1.807, 2.05) is 24.8 Å². The molecule has 0 saturated carbocycles. The third-order valence-corrected chi connectivity index (χ3v) is 22.0. The third-order valence-electron chi connectivity index (χ3n) is 22.0. The van der Waals surface area contributed by atoms with Crippen LogP contribution in [0.3, 0.4) is 0 Å². The molecule has 0 N–H and O–H groups in total. The molecule has 0 fully saturated rings. The summed E-state index contributed by atoms with van der Waals surface area (Å²) in [6, 6.07) is 70.1. The first kappa shape index (κ1) is 70.5. The summed E-state index contributed by atoms with van der Waals surface area (Å²) in [7, 11) is 0. The van der Waals surface area contributed by atoms with Gasteiger partial charge in [0.15, 0.2) is 0 Å². The molecule has 4 heterocycles. The van der Waals surface area contributed by atoms with Gasteiger partial charge < -0.3 is 19.6 Å². The molecule has 16 rings (SSSR count). The molecule has 538 valence electrons. The predicted molar refractivity (Wildman–Crippen MR) is 454 cm³/mol. The molecule has 0 bridgehead atoms. The molecule has 0 atom stereocenters. The van der Waals surface area contributed by atoms with Gasteiger partial charge in [-0.3, -0.25) is 0 Å². The van der Waals surface area contributed by atoms with Gasteiger partial charge in [-0.2, -0.15) is 0 Å². The average molecular weight is 1420 g/mol. The molecular formula is C96H94N12. The second-order valence-corrected chi connectivity index (χ2v) is 33.1. The number of nitrogens with zero attached hydrogens (tertiary/aromatic N) is 12. The fourth-order valence-corrected chi connectivity index (χ4v) is 15.9. The quantitative estimate of drug-likeness (QED) is 0.0858. The van der Waals surface area contributed by atoms with E-state index in [0.717, 1.165) is 192 Å². The average Bonchev–Trinajstić information content (AvgIpc) is 0.696. The van der Waals surface area contributed by atoms with Gasteiger partial charge in [-0.25, -0.2) is 39.9 Å². The van der Waals surface area contributed by atoms with E-state index in [1.165, 1.54) is 22.3 Å². The van der Waals surface area contributed by atoms with Gasteiger partial charge >= 0.3 is 0 Å². The zero-order valence-electron chi connectivity index (χ0n) is 65.1. The summed E-state index contributed by atoms with van der Waals surface area (Å²) in [5, 5.41) is 10.3. The zero-order valence-corrected chi connectivity index (χ0v) is 65.1. The Balaban J connectivity index is 1.14. The Morgan fingerprint density at radius 2 is 0.444 bits per heavy atom. The Morgan fingerprint density at radius 3 is 0.630 bits per heavy atom. The Hall–Kier alpha value is -11.8. The zero-order chi connectivity index (χ0) is 75.3. The number of aryl methyl sites for hydroxylation is 4. The molecule has 0 aliphatic carbocycles. The van der Waals surface area contributed by atoms with E-state index >= 15 is 0 Å². The highest BCUT2D eigenvalue weighted by Crippen LogP contribution is 2.57. The van der Waals surface area contributed by atoms with E-state index in [4.69, 9.17) is 19.9 Å². The Labute approximate surface area is 634 Å². The van der Waals surface area contributed by atoms with Gasteiger partial charge in [0.05, 0.1) is 67.6 Å². The van der Waals surface area contributed by atoms with Crippen LogP contribution in [-0.4, -0.2) is 39.9 Å². The van der Waals surface area contributed by atoms with Crippen LogP contribution < -0.4 is 19.6 Å². The van der Waals surface area contributed by atoms with Crippen LogP contribution in [-0.2, 0) is 47.3 Å². The van der Waals surface area contributed by atoms with Gasteiger partial charge in [-0.05, 0) is 201 Å². The van der Waals surface area contributed by atoms with Crippen molar-refractivity contribution in [1.29, 1.82) is 0 Å². The second kappa shape index (κ2) is 27.2. The molecule has 108 heavy (non-hydrogen) atoms. The van der Waals surface area contributed by atoms with Crippen LogP contribution >= 0.6 is 0 Å². The largest absolute Gasteiger partial charge is 0.309 e. The standard InChI is InChI=1S/C96H94N12/c1-17-59-41-79-63(51-97-55-101-79)45-83(59)105(71-29-21-67(22-30-71)93(5,6)7)87-49-88(106(72-31-23-68(24-32-72)94(8,9)10)84-46-64-52-98-56-102-80(64)42-60(84)18-2)76-39-40-78-90(108(74-35-27-70(28-36-74)96(14,15)16)86-48-66-54-100-58-104-82(66)44-62(86)20-4)50-89(77-38-37-75(87)91(76)92(77)78)107(73-33-25-69(26-34-73)95(11,12)13)85-47-65-53-99-57-103-81(65)43-61(85)19-3/h21-58H,17-20H2,1-16H3. The number of fused-ring (bicyclic) bond motifs is 4. The molecule has 0 aliphatic rings. The maximum Gasteiger partial charge on any atom is 0.116 e. The van der Waals surface area contributed by atoms with Gasteiger partial charge in [0.2, 0.25) is 0 Å². The summed E-state index contributed by atoms with van der Waals surface area (Å²) in [5.74, 6) is 0. The van der Waals surface area contributed by atoms with Crippen LogP contribution in [0.5, 0.6) is 0 Å². The van der Waals surface area contributed by atoms with Crippen LogP contribution in [0.15, 0.2) is 232 Å². The summed E-state index contributed by atoms with van der Waals surface area (Å²) >= 11 is 0. The molecule has 0 radical (unpaired) electrons. The Kier molecular flexibility index (Phi) is 17.8. The first-order valence-electron chi connectivity index (χ1n) is 38.2. The molecule has 12 heteroatoms. The van der Waals surface area contributed by atoms with Crippen LogP contribution in [0.1, 0.15) is 155 Å². The lowest BCUT2D eigenvalue weighted by Crippen LogP contribution is -2.18. The Morgan fingerprint density at radius 1 is 0.241 bits per heavy atom. The fourth-order valence-electron chi connectivity index (χ4n) is 15.9. The maximum atomic E-state index is 4.89. The van der Waals surface area contributed by atoms with Crippen molar-refractivity contribution in [3.8, 4) is 0 Å². The van der Waals surface area contributed by atoms with Crippen molar-refractivity contribution < 1.29 is 0 Å². The van der Waals surface area contributed by atoms with Crippen molar-refractivity contribution in [3.05, 3.63) is 277 Å². The molecule has 12 nitrogen and oxygen atoms in total. The van der Waals surface area contributed by atoms with Gasteiger partial charge in [-0.15, -0.1) is 0 Å². The van der Waals surface area contributed by atoms with E-state index < -0.39 is 0 Å². The number of rotatable bonds is 16. The van der Waals surface area contributed by atoms with E-state index in [2.05, 4.69) is 332 Å². The van der Waals surface area contributed by atoms with Gasteiger partial charge in [0.25, 0.3) is 0 Å². The SMILES string of the molecule is CCc1cc2ncncc2cc1N(c1ccc(C(C)(C)C)cc1)c1cc(N(c2ccc(C(C)(C)C)cc2)c2cc3cncnc3cc2CC)c2ccc3c(N(c4ccc(C(C)(C)C)cc4)c4cc5cncnc5cc4CC)cc(N(c4ccc(C(C)(C)C)cc4)c4cc5cncnc5cc4CC)c4ccc1c2c43. The highest BCUT2D eigenvalue weighted by atomic mass is 15.2. The number of benzene rings is 12. The number of anilines is 12. The van der Waals surface area contributed by atoms with Crippen molar-refractivity contribution in [2.24, 2.45) is 0 Å². The summed E-state index contributed by atoms with van der Waals surface area (Å²) in [6.45, 7) is 36.5. The van der Waals surface area contributed by atoms with Crippen LogP contribution in [0.4, 0.5) is 68.2 Å². The normalized spacial score (nSPS) is 12.4. The second-order valence-electron chi connectivity index (χ2n) is 33.1. The summed E-state index contributed by atoms with van der Waals surface area (Å²) < 4.78 is 0. The molecule has 0 saturated heterocycles. The van der Waals surface area contributed by atoms with Crippen molar-refractivity contribution in [2.45, 2.75) is 158 Å². The molecule has 0 unspecified atom stereocenters. The van der Waals surface area contributed by atoms with Gasteiger partial charge in [0, 0.05) is 101 Å². The minimum atomic E-state index is -0.110. The van der Waals surface area contributed by atoms with E-state index in [-0.39, 0.29) is 21.7 Å². The fraction of sp³-hybridized carbons (Fsp3) is 0.250. The van der Waals surface area contributed by atoms with Crippen molar-refractivity contribution in [2.75, 3.05) is 19.6 Å².